The molecule has 3 aliphatic heterocycles. The summed E-state index contributed by atoms with van der Waals surface area (Å²) in [5, 5.41) is 14.2. The summed E-state index contributed by atoms with van der Waals surface area (Å²) in [7, 11) is 0. The van der Waals surface area contributed by atoms with Crippen molar-refractivity contribution in [1.29, 1.82) is 0 Å². The number of hydrogen-bond donors (Lipinski definition) is 2. The highest BCUT2D eigenvalue weighted by molar-refractivity contribution is 7.99. The highest BCUT2D eigenvalue weighted by Crippen LogP contribution is 2.36. The number of rotatable bonds is 5. The molecule has 0 radical (unpaired) electrons. The van der Waals surface area contributed by atoms with Crippen molar-refractivity contribution < 1.29 is 14.2 Å². The third-order valence-corrected chi connectivity index (χ3v) is 7.68. The van der Waals surface area contributed by atoms with Crippen molar-refractivity contribution in [3.05, 3.63) is 58.0 Å². The van der Waals surface area contributed by atoms with Crippen LogP contribution in [0.5, 0.6) is 5.75 Å². The van der Waals surface area contributed by atoms with Crippen LogP contribution in [-0.2, 0) is 13.1 Å². The number of nitrogens with one attached hydrogen (secondary N) is 1. The van der Waals surface area contributed by atoms with Gasteiger partial charge in [-0.3, -0.25) is 19.7 Å². The maximum absolute atomic E-state index is 14.7. The summed E-state index contributed by atoms with van der Waals surface area (Å²) in [5.74, 6) is 0.946. The molecule has 6 heterocycles. The number of hydrogen-bond acceptors (Lipinski definition) is 8. The Labute approximate surface area is 193 Å². The molecule has 0 amide bonds. The van der Waals surface area contributed by atoms with Crippen LogP contribution in [0.3, 0.4) is 0 Å². The normalized spacial score (nSPS) is 24.2. The monoisotopic (exact) mass is 469 g/mol. The quantitative estimate of drug-likeness (QED) is 0.584. The predicted octanol–water partition coefficient (Wildman–Crippen LogP) is 1.69. The topological polar surface area (TPSA) is 92.5 Å². The number of ether oxygens (including phenoxy) is 1. The van der Waals surface area contributed by atoms with Gasteiger partial charge in [0.2, 0.25) is 0 Å². The maximum Gasteiger partial charge on any atom is 0.251 e. The molecule has 0 bridgehead atoms. The van der Waals surface area contributed by atoms with Gasteiger partial charge in [-0.25, -0.2) is 4.39 Å². The highest BCUT2D eigenvalue weighted by Gasteiger charge is 2.34. The zero-order valence-corrected chi connectivity index (χ0v) is 18.7. The van der Waals surface area contributed by atoms with Gasteiger partial charge in [-0.1, -0.05) is 11.8 Å². The van der Waals surface area contributed by atoms with Gasteiger partial charge in [0.25, 0.3) is 5.56 Å². The second-order valence-electron chi connectivity index (χ2n) is 8.86. The zero-order valence-electron chi connectivity index (χ0n) is 17.9. The molecule has 1 saturated heterocycles. The minimum atomic E-state index is -0.542. The van der Waals surface area contributed by atoms with Crippen LogP contribution < -0.4 is 15.6 Å². The molecule has 8 nitrogen and oxygen atoms in total. The Balaban J connectivity index is 1.10. The van der Waals surface area contributed by atoms with Crippen LogP contribution in [-0.4, -0.2) is 62.3 Å². The fourth-order valence-corrected chi connectivity index (χ4v) is 5.97. The van der Waals surface area contributed by atoms with E-state index in [1.807, 2.05) is 6.07 Å². The Morgan fingerprint density at radius 1 is 1.27 bits per heavy atom. The molecule has 3 atom stereocenters. The third-order valence-electron chi connectivity index (χ3n) is 6.81. The number of nitrogens with zero attached hydrogens (tertiary/aromatic N) is 4. The zero-order chi connectivity index (χ0) is 22.5. The lowest BCUT2D eigenvalue weighted by molar-refractivity contribution is 0.0367. The molecule has 3 aromatic heterocycles. The second-order valence-corrected chi connectivity index (χ2v) is 9.83. The fourth-order valence-electron chi connectivity index (χ4n) is 5.18. The fraction of sp³-hybridized carbons (Fsp3) is 0.435. The Bertz CT molecular complexity index is 1280. The third kappa shape index (κ3) is 3.80. The predicted molar refractivity (Wildman–Crippen MR) is 122 cm³/mol. The van der Waals surface area contributed by atoms with Crippen molar-refractivity contribution in [2.75, 3.05) is 25.6 Å². The molecule has 2 N–H and O–H groups in total. The van der Waals surface area contributed by atoms with E-state index < -0.39 is 6.10 Å². The molecule has 33 heavy (non-hydrogen) atoms. The minimum Gasteiger partial charge on any atom is -0.480 e. The van der Waals surface area contributed by atoms with Gasteiger partial charge >= 0.3 is 0 Å². The van der Waals surface area contributed by atoms with Gasteiger partial charge in [0, 0.05) is 49.8 Å². The Hall–Kier alpha value is -2.53. The van der Waals surface area contributed by atoms with Crippen LogP contribution in [0.2, 0.25) is 0 Å². The molecule has 10 heteroatoms. The van der Waals surface area contributed by atoms with Gasteiger partial charge in [-0.2, -0.15) is 0 Å². The molecule has 172 valence electrons. The Kier molecular flexibility index (Phi) is 5.33. The molecule has 3 aromatic rings. The lowest BCUT2D eigenvalue weighted by Crippen LogP contribution is -2.53. The van der Waals surface area contributed by atoms with Crippen LogP contribution in [0.4, 0.5) is 4.39 Å². The van der Waals surface area contributed by atoms with E-state index in [4.69, 9.17) is 4.74 Å². The van der Waals surface area contributed by atoms with E-state index in [1.54, 1.807) is 28.6 Å². The molecule has 0 aromatic carbocycles. The first-order chi connectivity index (χ1) is 16.1. The van der Waals surface area contributed by atoms with Gasteiger partial charge < -0.3 is 19.7 Å². The number of β-amino-alcohol motifs (C(OH)–C–C–N with tert-alkyl or cyclic N) is 1. The number of piperidine rings is 1. The number of fused-ring (bicyclic) bond motifs is 1. The first-order valence-corrected chi connectivity index (χ1v) is 12.1. The van der Waals surface area contributed by atoms with E-state index in [0.29, 0.717) is 48.7 Å². The second kappa shape index (κ2) is 8.35. The molecule has 3 aliphatic rings. The molecule has 0 spiro atoms. The lowest BCUT2D eigenvalue weighted by atomic mass is 9.97. The van der Waals surface area contributed by atoms with Gasteiger partial charge in [-0.15, -0.1) is 0 Å². The number of pyridine rings is 3. The summed E-state index contributed by atoms with van der Waals surface area (Å²) in [6.45, 7) is 2.89. The number of aromatic nitrogens is 3. The first kappa shape index (κ1) is 21.0. The number of thioether (sulfide) groups is 1. The van der Waals surface area contributed by atoms with Crippen molar-refractivity contribution in [2.45, 2.75) is 42.5 Å². The van der Waals surface area contributed by atoms with E-state index in [1.165, 1.54) is 12.3 Å². The van der Waals surface area contributed by atoms with E-state index in [9.17, 15) is 14.3 Å². The summed E-state index contributed by atoms with van der Waals surface area (Å²) in [6.07, 6.45) is 3.23. The van der Waals surface area contributed by atoms with E-state index in [0.717, 1.165) is 29.3 Å². The van der Waals surface area contributed by atoms with Crippen molar-refractivity contribution in [2.24, 2.45) is 0 Å². The van der Waals surface area contributed by atoms with Crippen LogP contribution in [0.1, 0.15) is 23.6 Å². The smallest absolute Gasteiger partial charge is 0.251 e. The Morgan fingerprint density at radius 2 is 2.18 bits per heavy atom. The minimum absolute atomic E-state index is 0.0343. The molecule has 6 rings (SSSR count). The number of likely N-dealkylation sites (tertiary alicyclic amines) is 1. The van der Waals surface area contributed by atoms with Crippen LogP contribution in [0.25, 0.3) is 11.0 Å². The number of halogens is 1. The van der Waals surface area contributed by atoms with Crippen LogP contribution >= 0.6 is 11.8 Å². The Morgan fingerprint density at radius 3 is 3.06 bits per heavy atom. The van der Waals surface area contributed by atoms with Crippen molar-refractivity contribution in [1.82, 2.24) is 24.8 Å². The largest absolute Gasteiger partial charge is 0.480 e. The highest BCUT2D eigenvalue weighted by atomic mass is 32.2. The van der Waals surface area contributed by atoms with Gasteiger partial charge in [0.15, 0.2) is 5.75 Å². The van der Waals surface area contributed by atoms with E-state index in [2.05, 4.69) is 20.2 Å². The maximum atomic E-state index is 14.7. The summed E-state index contributed by atoms with van der Waals surface area (Å²) in [4.78, 5) is 24.2. The molecular weight excluding hydrogens is 445 g/mol. The first-order valence-electron chi connectivity index (χ1n) is 11.1. The van der Waals surface area contributed by atoms with Gasteiger partial charge in [-0.05, 0) is 25.1 Å². The molecule has 0 saturated carbocycles. The van der Waals surface area contributed by atoms with Crippen LogP contribution in [0.15, 0.2) is 40.3 Å². The van der Waals surface area contributed by atoms with Gasteiger partial charge in [0.05, 0.1) is 40.1 Å². The average Bonchev–Trinajstić information content (AvgIpc) is 3.43. The number of aliphatic hydroxyl groups is 1. The summed E-state index contributed by atoms with van der Waals surface area (Å²) in [6, 6.07) is 5.14. The average molecular weight is 470 g/mol. The summed E-state index contributed by atoms with van der Waals surface area (Å²) < 4.78 is 21.8. The standard InChI is InChI=1S/C23H24FN5O3S/c24-15-7-27-17-1-2-21(31)29-10-13(22(15)23(17)29)9-28-4-3-16(18(30)11-28)26-6-14-5-20-19(8-25-14)32-12-33-20/h1-2,5,7-8,13,16,18,26,30H,3-4,6,9-12H2/t13?,16-,18-/m0/s1. The number of aliphatic hydroxyl groups excluding tert-OH is 1. The van der Waals surface area contributed by atoms with Crippen molar-refractivity contribution in [3.8, 4) is 5.75 Å². The molecule has 0 aliphatic carbocycles. The van der Waals surface area contributed by atoms with E-state index >= 15 is 0 Å². The van der Waals surface area contributed by atoms with Gasteiger partial charge in [0.1, 0.15) is 11.8 Å². The molecular formula is C23H24FN5O3S. The lowest BCUT2D eigenvalue weighted by Gasteiger charge is -2.37. The molecule has 1 fully saturated rings. The summed E-state index contributed by atoms with van der Waals surface area (Å²) >= 11 is 1.66. The van der Waals surface area contributed by atoms with Crippen molar-refractivity contribution in [3.63, 3.8) is 0 Å². The van der Waals surface area contributed by atoms with E-state index in [-0.39, 0.29) is 23.3 Å². The summed E-state index contributed by atoms with van der Waals surface area (Å²) in [5.41, 5.74) is 2.60. The van der Waals surface area contributed by atoms with Crippen LogP contribution in [0, 0.1) is 5.82 Å². The SMILES string of the molecule is O=c1ccc2ncc(F)c3c2n1CC3CN1CC[C@H](NCc2cc3c(cn2)OCS3)[C@@H](O)C1. The van der Waals surface area contributed by atoms with Crippen molar-refractivity contribution >= 4 is 22.8 Å². The molecule has 1 unspecified atom stereocenters.